The Bertz CT molecular complexity index is 367. The smallest absolute Gasteiger partial charge is 0.0732 e. The minimum atomic E-state index is 0. The summed E-state index contributed by atoms with van der Waals surface area (Å²) in [6.45, 7) is 2.41. The largest absolute Gasteiger partial charge is 0.375 e. The predicted octanol–water partition coefficient (Wildman–Crippen LogP) is 4.07. The number of halogens is 3. The fourth-order valence-corrected chi connectivity index (χ4v) is 2.48. The van der Waals surface area contributed by atoms with E-state index in [0.717, 1.165) is 18.7 Å². The van der Waals surface area contributed by atoms with Crippen molar-refractivity contribution in [2.45, 2.75) is 31.9 Å². The molecule has 5 heteroatoms. The zero-order valence-electron chi connectivity index (χ0n) is 10.1. The van der Waals surface area contributed by atoms with Gasteiger partial charge in [0, 0.05) is 16.1 Å². The van der Waals surface area contributed by atoms with E-state index in [1.165, 1.54) is 19.3 Å². The van der Waals surface area contributed by atoms with Gasteiger partial charge in [0.05, 0.1) is 13.2 Å². The predicted molar refractivity (Wildman–Crippen MR) is 79.0 cm³/mol. The maximum absolute atomic E-state index is 6.07. The van der Waals surface area contributed by atoms with E-state index in [1.807, 2.05) is 12.1 Å². The summed E-state index contributed by atoms with van der Waals surface area (Å²) in [7, 11) is 0. The lowest BCUT2D eigenvalue weighted by Crippen LogP contribution is -2.37. The second kappa shape index (κ2) is 8.23. The second-order valence-electron chi connectivity index (χ2n) is 4.40. The van der Waals surface area contributed by atoms with Gasteiger partial charge in [0.2, 0.25) is 0 Å². The quantitative estimate of drug-likeness (QED) is 0.905. The van der Waals surface area contributed by atoms with E-state index in [0.29, 0.717) is 22.7 Å². The summed E-state index contributed by atoms with van der Waals surface area (Å²) in [4.78, 5) is 0. The van der Waals surface area contributed by atoms with Gasteiger partial charge in [-0.3, -0.25) is 0 Å². The summed E-state index contributed by atoms with van der Waals surface area (Å²) in [5.41, 5.74) is 0.992. The van der Waals surface area contributed by atoms with Crippen LogP contribution in [-0.4, -0.2) is 19.2 Å². The number of nitrogens with one attached hydrogen (secondary N) is 1. The molecule has 1 fully saturated rings. The molecule has 1 N–H and O–H groups in total. The Hall–Kier alpha value is 0.01000. The molecule has 0 amide bonds. The minimum Gasteiger partial charge on any atom is -0.375 e. The van der Waals surface area contributed by atoms with E-state index in [-0.39, 0.29) is 12.4 Å². The molecular weight excluding hydrogens is 293 g/mol. The van der Waals surface area contributed by atoms with Gasteiger partial charge in [-0.15, -0.1) is 12.4 Å². The Kier molecular flexibility index (Phi) is 7.35. The summed E-state index contributed by atoms with van der Waals surface area (Å²) >= 11 is 11.9. The van der Waals surface area contributed by atoms with Gasteiger partial charge in [0.1, 0.15) is 0 Å². The molecule has 2 rings (SSSR count). The fraction of sp³-hybridized carbons (Fsp3) is 0.538. The van der Waals surface area contributed by atoms with Crippen molar-refractivity contribution in [3.05, 3.63) is 33.8 Å². The summed E-state index contributed by atoms with van der Waals surface area (Å²) in [6.07, 6.45) is 3.77. The molecule has 1 atom stereocenters. The zero-order valence-corrected chi connectivity index (χ0v) is 12.5. The van der Waals surface area contributed by atoms with Crippen molar-refractivity contribution < 1.29 is 4.74 Å². The number of piperidine rings is 1. The summed E-state index contributed by atoms with van der Waals surface area (Å²) in [6, 6.07) is 6.00. The highest BCUT2D eigenvalue weighted by Gasteiger charge is 2.12. The molecule has 1 aromatic carbocycles. The summed E-state index contributed by atoms with van der Waals surface area (Å²) in [5, 5.41) is 4.78. The van der Waals surface area contributed by atoms with Crippen molar-refractivity contribution in [2.75, 3.05) is 13.2 Å². The Morgan fingerprint density at radius 2 is 2.11 bits per heavy atom. The third kappa shape index (κ3) is 4.94. The molecule has 18 heavy (non-hydrogen) atoms. The van der Waals surface area contributed by atoms with Gasteiger partial charge < -0.3 is 10.1 Å². The first-order chi connectivity index (χ1) is 8.25. The molecule has 0 spiro atoms. The number of hydrogen-bond acceptors (Lipinski definition) is 2. The Balaban J connectivity index is 0.00000162. The molecule has 2 nitrogen and oxygen atoms in total. The van der Waals surface area contributed by atoms with Gasteiger partial charge in [-0.25, -0.2) is 0 Å². The third-order valence-electron chi connectivity index (χ3n) is 3.00. The van der Waals surface area contributed by atoms with Crippen molar-refractivity contribution in [3.8, 4) is 0 Å². The van der Waals surface area contributed by atoms with Gasteiger partial charge in [-0.1, -0.05) is 35.7 Å². The SMILES string of the molecule is Cl.Clc1ccc(COCC2CCCCN2)c(Cl)c1. The van der Waals surface area contributed by atoms with Crippen molar-refractivity contribution in [1.82, 2.24) is 5.32 Å². The van der Waals surface area contributed by atoms with E-state index in [9.17, 15) is 0 Å². The van der Waals surface area contributed by atoms with Gasteiger partial charge in [-0.2, -0.15) is 0 Å². The molecule has 0 radical (unpaired) electrons. The first-order valence-electron chi connectivity index (χ1n) is 6.01. The Morgan fingerprint density at radius 3 is 2.78 bits per heavy atom. The van der Waals surface area contributed by atoms with Crippen molar-refractivity contribution >= 4 is 35.6 Å². The average molecular weight is 311 g/mol. The summed E-state index contributed by atoms with van der Waals surface area (Å²) in [5.74, 6) is 0. The number of rotatable bonds is 4. The van der Waals surface area contributed by atoms with E-state index in [2.05, 4.69) is 5.32 Å². The fourth-order valence-electron chi connectivity index (χ4n) is 2.02. The average Bonchev–Trinajstić information content (AvgIpc) is 2.33. The Labute approximate surface area is 124 Å². The van der Waals surface area contributed by atoms with Gasteiger partial charge in [0.15, 0.2) is 0 Å². The molecule has 0 aliphatic carbocycles. The van der Waals surface area contributed by atoms with Crippen LogP contribution >= 0.6 is 35.6 Å². The molecular formula is C13H18Cl3NO. The Morgan fingerprint density at radius 1 is 1.28 bits per heavy atom. The van der Waals surface area contributed by atoms with Gasteiger partial charge >= 0.3 is 0 Å². The van der Waals surface area contributed by atoms with Crippen LogP contribution in [0.1, 0.15) is 24.8 Å². The monoisotopic (exact) mass is 309 g/mol. The van der Waals surface area contributed by atoms with Crippen LogP contribution in [0.5, 0.6) is 0 Å². The highest BCUT2D eigenvalue weighted by molar-refractivity contribution is 6.35. The van der Waals surface area contributed by atoms with Crippen LogP contribution < -0.4 is 5.32 Å². The third-order valence-corrected chi connectivity index (χ3v) is 3.59. The molecule has 1 saturated heterocycles. The topological polar surface area (TPSA) is 21.3 Å². The van der Waals surface area contributed by atoms with Crippen molar-refractivity contribution in [2.24, 2.45) is 0 Å². The van der Waals surface area contributed by atoms with Gasteiger partial charge in [0.25, 0.3) is 0 Å². The lowest BCUT2D eigenvalue weighted by atomic mass is 10.1. The second-order valence-corrected chi connectivity index (χ2v) is 5.24. The normalized spacial score (nSPS) is 19.3. The van der Waals surface area contributed by atoms with Crippen LogP contribution in [0, 0.1) is 0 Å². The van der Waals surface area contributed by atoms with Gasteiger partial charge in [-0.05, 0) is 37.1 Å². The molecule has 102 valence electrons. The first kappa shape index (κ1) is 16.1. The zero-order chi connectivity index (χ0) is 12.1. The molecule has 0 bridgehead atoms. The standard InChI is InChI=1S/C13H17Cl2NO.ClH/c14-11-5-4-10(13(15)7-11)8-17-9-12-3-1-2-6-16-12;/h4-5,7,12,16H,1-3,6,8-9H2;1H. The lowest BCUT2D eigenvalue weighted by molar-refractivity contribution is 0.0912. The molecule has 1 aliphatic rings. The lowest BCUT2D eigenvalue weighted by Gasteiger charge is -2.23. The molecule has 1 unspecified atom stereocenters. The van der Waals surface area contributed by atoms with Crippen molar-refractivity contribution in [1.29, 1.82) is 0 Å². The van der Waals surface area contributed by atoms with E-state index < -0.39 is 0 Å². The van der Waals surface area contributed by atoms with Crippen molar-refractivity contribution in [3.63, 3.8) is 0 Å². The number of ether oxygens (including phenoxy) is 1. The van der Waals surface area contributed by atoms with Crippen LogP contribution in [0.3, 0.4) is 0 Å². The van der Waals surface area contributed by atoms with E-state index >= 15 is 0 Å². The van der Waals surface area contributed by atoms with Crippen LogP contribution in [0.15, 0.2) is 18.2 Å². The van der Waals surface area contributed by atoms with E-state index in [1.54, 1.807) is 6.07 Å². The van der Waals surface area contributed by atoms with Crippen LogP contribution in [-0.2, 0) is 11.3 Å². The van der Waals surface area contributed by atoms with Crippen LogP contribution in [0.2, 0.25) is 10.0 Å². The number of benzene rings is 1. The highest BCUT2D eigenvalue weighted by Crippen LogP contribution is 2.21. The van der Waals surface area contributed by atoms with Crippen LogP contribution in [0.25, 0.3) is 0 Å². The minimum absolute atomic E-state index is 0. The molecule has 1 heterocycles. The maximum Gasteiger partial charge on any atom is 0.0732 e. The first-order valence-corrected chi connectivity index (χ1v) is 6.76. The maximum atomic E-state index is 6.07. The highest BCUT2D eigenvalue weighted by atomic mass is 35.5. The molecule has 0 saturated carbocycles. The molecule has 1 aromatic rings. The van der Waals surface area contributed by atoms with E-state index in [4.69, 9.17) is 27.9 Å². The summed E-state index contributed by atoms with van der Waals surface area (Å²) < 4.78 is 5.69. The molecule has 1 aliphatic heterocycles. The number of hydrogen-bond donors (Lipinski definition) is 1. The van der Waals surface area contributed by atoms with Crippen LogP contribution in [0.4, 0.5) is 0 Å². The molecule has 0 aromatic heterocycles.